The largest absolute Gasteiger partial charge is 0.341 e. The Balaban J connectivity index is 1.42. The fourth-order valence-electron chi connectivity index (χ4n) is 3.47. The molecule has 1 aliphatic rings. The van der Waals surface area contributed by atoms with Gasteiger partial charge in [-0.1, -0.05) is 12.1 Å². The SMILES string of the molecule is CN1CCC(NC(=O)Nc2ccc(F)nc2)CC1c1nc2ccccc2[nH]1. The van der Waals surface area contributed by atoms with Crippen LogP contribution in [0.15, 0.2) is 42.6 Å². The zero-order valence-corrected chi connectivity index (χ0v) is 14.9. The maximum absolute atomic E-state index is 12.9. The Morgan fingerprint density at radius 3 is 2.93 bits per heavy atom. The Hall–Kier alpha value is -3.00. The second-order valence-corrected chi connectivity index (χ2v) is 6.82. The van der Waals surface area contributed by atoms with E-state index >= 15 is 0 Å². The van der Waals surface area contributed by atoms with Gasteiger partial charge in [0.15, 0.2) is 0 Å². The number of likely N-dealkylation sites (tertiary alicyclic amines) is 1. The topological polar surface area (TPSA) is 85.9 Å². The number of anilines is 1. The van der Waals surface area contributed by atoms with E-state index in [0.29, 0.717) is 5.69 Å². The van der Waals surface area contributed by atoms with Crippen LogP contribution in [0.2, 0.25) is 0 Å². The zero-order valence-electron chi connectivity index (χ0n) is 14.9. The molecule has 0 radical (unpaired) electrons. The smallest absolute Gasteiger partial charge is 0.319 e. The number of hydrogen-bond acceptors (Lipinski definition) is 4. The summed E-state index contributed by atoms with van der Waals surface area (Å²) in [6.07, 6.45) is 2.90. The van der Waals surface area contributed by atoms with Gasteiger partial charge in [-0.15, -0.1) is 0 Å². The highest BCUT2D eigenvalue weighted by atomic mass is 19.1. The number of benzene rings is 1. The van der Waals surface area contributed by atoms with Gasteiger partial charge in [0.05, 0.1) is 29.0 Å². The molecule has 1 aromatic carbocycles. The van der Waals surface area contributed by atoms with Crippen molar-refractivity contribution in [3.05, 3.63) is 54.4 Å². The average molecular weight is 368 g/mol. The first-order valence-electron chi connectivity index (χ1n) is 8.92. The summed E-state index contributed by atoms with van der Waals surface area (Å²) >= 11 is 0. The number of carbonyl (C=O) groups is 1. The molecule has 0 bridgehead atoms. The summed E-state index contributed by atoms with van der Waals surface area (Å²) < 4.78 is 12.9. The highest BCUT2D eigenvalue weighted by Gasteiger charge is 2.30. The van der Waals surface area contributed by atoms with Gasteiger partial charge in [0.1, 0.15) is 5.82 Å². The Bertz CT molecular complexity index is 908. The number of aromatic amines is 1. The molecule has 0 aliphatic carbocycles. The number of nitrogens with one attached hydrogen (secondary N) is 3. The van der Waals surface area contributed by atoms with E-state index in [0.717, 1.165) is 36.2 Å². The van der Waals surface area contributed by atoms with Crippen molar-refractivity contribution in [2.45, 2.75) is 24.9 Å². The van der Waals surface area contributed by atoms with Gasteiger partial charge in [0.25, 0.3) is 0 Å². The number of fused-ring (bicyclic) bond motifs is 1. The molecular formula is C19H21FN6O. The van der Waals surface area contributed by atoms with Crippen molar-refractivity contribution >= 4 is 22.8 Å². The number of aromatic nitrogens is 3. The van der Waals surface area contributed by atoms with Crippen molar-refractivity contribution < 1.29 is 9.18 Å². The molecule has 1 aliphatic heterocycles. The molecule has 2 unspecified atom stereocenters. The highest BCUT2D eigenvalue weighted by Crippen LogP contribution is 2.29. The third-order valence-electron chi connectivity index (χ3n) is 4.91. The van der Waals surface area contributed by atoms with E-state index in [1.54, 1.807) is 0 Å². The standard InChI is InChI=1S/C19H21FN6O/c1-26-9-8-12(22-19(27)23-13-6-7-17(20)21-11-13)10-16(26)18-24-14-4-2-3-5-15(14)25-18/h2-7,11-12,16H,8-10H2,1H3,(H,24,25)(H2,22,23,27). The van der Waals surface area contributed by atoms with Crippen LogP contribution in [0.1, 0.15) is 24.7 Å². The number of rotatable bonds is 3. The minimum absolute atomic E-state index is 0.0211. The van der Waals surface area contributed by atoms with Crippen LogP contribution in [0.3, 0.4) is 0 Å². The maximum atomic E-state index is 12.9. The number of imidazole rings is 1. The number of pyridine rings is 1. The number of urea groups is 1. The summed E-state index contributed by atoms with van der Waals surface area (Å²) in [5.74, 6) is 0.332. The Labute approximate surface area is 156 Å². The molecule has 3 N–H and O–H groups in total. The lowest BCUT2D eigenvalue weighted by atomic mass is 9.97. The van der Waals surface area contributed by atoms with Gasteiger partial charge in [0, 0.05) is 12.6 Å². The molecule has 3 aromatic rings. The van der Waals surface area contributed by atoms with Crippen LogP contribution >= 0.6 is 0 Å². The van der Waals surface area contributed by atoms with Gasteiger partial charge in [-0.2, -0.15) is 4.39 Å². The number of amides is 2. The normalized spacial score (nSPS) is 20.5. The third-order valence-corrected chi connectivity index (χ3v) is 4.91. The van der Waals surface area contributed by atoms with E-state index in [1.807, 2.05) is 24.3 Å². The molecule has 1 fully saturated rings. The van der Waals surface area contributed by atoms with E-state index in [2.05, 4.69) is 32.5 Å². The van der Waals surface area contributed by atoms with Crippen LogP contribution in [0, 0.1) is 5.95 Å². The molecule has 2 atom stereocenters. The lowest BCUT2D eigenvalue weighted by molar-refractivity contribution is 0.153. The Kier molecular flexibility index (Phi) is 4.72. The van der Waals surface area contributed by atoms with E-state index in [4.69, 9.17) is 4.98 Å². The Morgan fingerprint density at radius 1 is 1.30 bits per heavy atom. The minimum atomic E-state index is -0.579. The molecule has 0 spiro atoms. The number of piperidine rings is 1. The predicted octanol–water partition coefficient (Wildman–Crippen LogP) is 3.05. The summed E-state index contributed by atoms with van der Waals surface area (Å²) in [6, 6.07) is 10.4. The number of nitrogens with zero attached hydrogens (tertiary/aromatic N) is 3. The Morgan fingerprint density at radius 2 is 2.15 bits per heavy atom. The summed E-state index contributed by atoms with van der Waals surface area (Å²) in [6.45, 7) is 0.852. The summed E-state index contributed by atoms with van der Waals surface area (Å²) in [4.78, 5) is 26.1. The van der Waals surface area contributed by atoms with Crippen molar-refractivity contribution in [3.63, 3.8) is 0 Å². The number of carbonyl (C=O) groups excluding carboxylic acids is 1. The molecule has 2 amide bonds. The molecule has 4 rings (SSSR count). The van der Waals surface area contributed by atoms with Gasteiger partial charge in [-0.25, -0.2) is 14.8 Å². The summed E-state index contributed by atoms with van der Waals surface area (Å²) in [7, 11) is 2.07. The molecule has 0 saturated carbocycles. The van der Waals surface area contributed by atoms with Crippen LogP contribution in [0.25, 0.3) is 11.0 Å². The van der Waals surface area contributed by atoms with E-state index in [9.17, 15) is 9.18 Å². The van der Waals surface area contributed by atoms with Crippen LogP contribution in [-0.4, -0.2) is 45.5 Å². The molecule has 2 aromatic heterocycles. The first-order valence-corrected chi connectivity index (χ1v) is 8.92. The predicted molar refractivity (Wildman–Crippen MR) is 101 cm³/mol. The van der Waals surface area contributed by atoms with Crippen LogP contribution in [0.4, 0.5) is 14.9 Å². The maximum Gasteiger partial charge on any atom is 0.319 e. The van der Waals surface area contributed by atoms with Crippen molar-refractivity contribution in [2.75, 3.05) is 18.9 Å². The monoisotopic (exact) mass is 368 g/mol. The number of halogens is 1. The van der Waals surface area contributed by atoms with Gasteiger partial charge < -0.3 is 15.6 Å². The number of hydrogen-bond donors (Lipinski definition) is 3. The van der Waals surface area contributed by atoms with Gasteiger partial charge in [-0.05, 0) is 44.2 Å². The zero-order chi connectivity index (χ0) is 18.8. The molecule has 3 heterocycles. The lowest BCUT2D eigenvalue weighted by Gasteiger charge is -2.36. The first kappa shape index (κ1) is 17.4. The average Bonchev–Trinajstić information content (AvgIpc) is 3.09. The highest BCUT2D eigenvalue weighted by molar-refractivity contribution is 5.89. The molecule has 140 valence electrons. The molecular weight excluding hydrogens is 347 g/mol. The van der Waals surface area contributed by atoms with Gasteiger partial charge in [0.2, 0.25) is 5.95 Å². The summed E-state index contributed by atoms with van der Waals surface area (Å²) in [5, 5.41) is 5.68. The van der Waals surface area contributed by atoms with Crippen LogP contribution < -0.4 is 10.6 Å². The van der Waals surface area contributed by atoms with E-state index in [1.165, 1.54) is 18.3 Å². The third kappa shape index (κ3) is 3.90. The van der Waals surface area contributed by atoms with Crippen LogP contribution in [-0.2, 0) is 0 Å². The molecule has 7 nitrogen and oxygen atoms in total. The van der Waals surface area contributed by atoms with Crippen molar-refractivity contribution in [3.8, 4) is 0 Å². The van der Waals surface area contributed by atoms with Crippen LogP contribution in [0.5, 0.6) is 0 Å². The summed E-state index contributed by atoms with van der Waals surface area (Å²) in [5.41, 5.74) is 2.41. The lowest BCUT2D eigenvalue weighted by Crippen LogP contribution is -2.46. The second kappa shape index (κ2) is 7.32. The van der Waals surface area contributed by atoms with Crippen molar-refractivity contribution in [2.24, 2.45) is 0 Å². The molecule has 8 heteroatoms. The minimum Gasteiger partial charge on any atom is -0.341 e. The van der Waals surface area contributed by atoms with Gasteiger partial charge in [-0.3, -0.25) is 4.90 Å². The number of para-hydroxylation sites is 2. The van der Waals surface area contributed by atoms with E-state index < -0.39 is 5.95 Å². The number of H-pyrrole nitrogens is 1. The van der Waals surface area contributed by atoms with Crippen molar-refractivity contribution in [1.82, 2.24) is 25.2 Å². The first-order chi connectivity index (χ1) is 13.1. The fraction of sp³-hybridized carbons (Fsp3) is 0.316. The fourth-order valence-corrected chi connectivity index (χ4v) is 3.47. The molecule has 1 saturated heterocycles. The quantitative estimate of drug-likeness (QED) is 0.620. The van der Waals surface area contributed by atoms with Gasteiger partial charge >= 0.3 is 6.03 Å². The van der Waals surface area contributed by atoms with Crippen molar-refractivity contribution in [1.29, 1.82) is 0 Å². The van der Waals surface area contributed by atoms with E-state index in [-0.39, 0.29) is 18.1 Å². The molecule has 27 heavy (non-hydrogen) atoms. The second-order valence-electron chi connectivity index (χ2n) is 6.82.